The molecule has 0 bridgehead atoms. The molecule has 0 atom stereocenters. The first-order chi connectivity index (χ1) is 12.3. The summed E-state index contributed by atoms with van der Waals surface area (Å²) in [5, 5.41) is 2.77. The number of benzene rings is 1. The maximum atomic E-state index is 13.4. The van der Waals surface area contributed by atoms with Gasteiger partial charge in [-0.15, -0.1) is 0 Å². The van der Waals surface area contributed by atoms with Crippen LogP contribution in [0.4, 0.5) is 35.0 Å². The van der Waals surface area contributed by atoms with Crippen molar-refractivity contribution >= 4 is 17.5 Å². The van der Waals surface area contributed by atoms with Crippen LogP contribution in [0, 0.1) is 5.82 Å². The molecule has 0 aliphatic carbocycles. The molecule has 0 saturated carbocycles. The van der Waals surface area contributed by atoms with E-state index in [0.29, 0.717) is 5.82 Å². The first kappa shape index (κ1) is 19.9. The Morgan fingerprint density at radius 1 is 1.04 bits per heavy atom. The van der Waals surface area contributed by atoms with Gasteiger partial charge in [-0.3, -0.25) is 0 Å². The number of nitrogens with zero attached hydrogens (tertiary/aromatic N) is 3. The predicted molar refractivity (Wildman–Crippen MR) is 94.3 cm³/mol. The average Bonchev–Trinajstić information content (AvgIpc) is 2.57. The zero-order chi connectivity index (χ0) is 19.3. The number of rotatable bonds is 7. The van der Waals surface area contributed by atoms with Gasteiger partial charge in [-0.25, -0.2) is 9.37 Å². The summed E-state index contributed by atoms with van der Waals surface area (Å²) < 4.78 is 52.1. The molecule has 0 spiro atoms. The Morgan fingerprint density at radius 3 is 2.31 bits per heavy atom. The minimum absolute atomic E-state index is 0.0814. The lowest BCUT2D eigenvalue weighted by molar-refractivity contribution is -0.139. The number of hydrogen-bond donors (Lipinski definition) is 1. The van der Waals surface area contributed by atoms with Crippen molar-refractivity contribution in [1.82, 2.24) is 9.97 Å². The van der Waals surface area contributed by atoms with E-state index in [-0.39, 0.29) is 11.6 Å². The summed E-state index contributed by atoms with van der Waals surface area (Å²) in [4.78, 5) is 10.8. The highest BCUT2D eigenvalue weighted by Gasteiger charge is 2.34. The average molecular weight is 370 g/mol. The number of alkyl halides is 3. The molecule has 0 unspecified atom stereocenters. The Morgan fingerprint density at radius 2 is 1.73 bits per heavy atom. The molecule has 0 amide bonds. The molecular weight excluding hydrogens is 348 g/mol. The van der Waals surface area contributed by atoms with Gasteiger partial charge in [-0.1, -0.05) is 13.3 Å². The maximum absolute atomic E-state index is 13.4. The molecule has 2 aromatic rings. The van der Waals surface area contributed by atoms with Crippen LogP contribution in [-0.2, 0) is 12.6 Å². The van der Waals surface area contributed by atoms with Crippen molar-refractivity contribution in [3.63, 3.8) is 0 Å². The molecule has 26 heavy (non-hydrogen) atoms. The highest BCUT2D eigenvalue weighted by molar-refractivity contribution is 5.57. The van der Waals surface area contributed by atoms with Gasteiger partial charge in [0.15, 0.2) is 0 Å². The van der Waals surface area contributed by atoms with Crippen LogP contribution in [0.5, 0.6) is 0 Å². The lowest BCUT2D eigenvalue weighted by Crippen LogP contribution is -2.23. The second-order valence-corrected chi connectivity index (χ2v) is 5.78. The third kappa shape index (κ3) is 4.83. The van der Waals surface area contributed by atoms with E-state index in [1.165, 1.54) is 6.07 Å². The van der Waals surface area contributed by atoms with Gasteiger partial charge in [0.1, 0.15) is 11.6 Å². The summed E-state index contributed by atoms with van der Waals surface area (Å²) in [6.45, 7) is 7.49. The van der Waals surface area contributed by atoms with E-state index in [2.05, 4.69) is 15.3 Å². The second-order valence-electron chi connectivity index (χ2n) is 5.78. The minimum atomic E-state index is -4.76. The number of nitrogens with one attached hydrogen (secondary N) is 1. The van der Waals surface area contributed by atoms with Crippen LogP contribution in [0.15, 0.2) is 24.3 Å². The largest absolute Gasteiger partial charge is 0.419 e. The third-order valence-electron chi connectivity index (χ3n) is 3.89. The smallest absolute Gasteiger partial charge is 0.357 e. The van der Waals surface area contributed by atoms with Crippen LogP contribution >= 0.6 is 0 Å². The normalized spacial score (nSPS) is 11.5. The zero-order valence-corrected chi connectivity index (χ0v) is 15.0. The van der Waals surface area contributed by atoms with E-state index in [1.54, 1.807) is 0 Å². The molecule has 8 heteroatoms. The standard InChI is InChI=1S/C18H22F4N4/c1-4-7-12-11-16(26(5-2)6-3)25-17(23-12)24-13-8-9-15(19)14(10-13)18(20,21)22/h8-11H,4-7H2,1-3H3,(H,23,24,25). The molecule has 0 saturated heterocycles. The van der Waals surface area contributed by atoms with E-state index in [0.717, 1.165) is 43.8 Å². The summed E-state index contributed by atoms with van der Waals surface area (Å²) in [5.41, 5.74) is -0.445. The van der Waals surface area contributed by atoms with Gasteiger partial charge in [-0.2, -0.15) is 18.2 Å². The fourth-order valence-electron chi connectivity index (χ4n) is 2.58. The van der Waals surface area contributed by atoms with E-state index in [4.69, 9.17) is 0 Å². The van der Waals surface area contributed by atoms with Gasteiger partial charge in [0.05, 0.1) is 5.56 Å². The number of hydrogen-bond acceptors (Lipinski definition) is 4. The van der Waals surface area contributed by atoms with Crippen molar-refractivity contribution in [2.75, 3.05) is 23.3 Å². The van der Waals surface area contributed by atoms with Crippen LogP contribution in [0.3, 0.4) is 0 Å². The minimum Gasteiger partial charge on any atom is -0.357 e. The number of aryl methyl sites for hydroxylation is 1. The molecule has 2 rings (SSSR count). The Balaban J connectivity index is 2.39. The molecule has 0 radical (unpaired) electrons. The first-order valence-electron chi connectivity index (χ1n) is 8.55. The highest BCUT2D eigenvalue weighted by atomic mass is 19.4. The molecular formula is C18H22F4N4. The summed E-state index contributed by atoms with van der Waals surface area (Å²) >= 11 is 0. The topological polar surface area (TPSA) is 41.1 Å². The Hall–Kier alpha value is -2.38. The van der Waals surface area contributed by atoms with Crippen molar-refractivity contribution in [3.05, 3.63) is 41.3 Å². The molecule has 1 N–H and O–H groups in total. The molecule has 0 aliphatic heterocycles. The van der Waals surface area contributed by atoms with Gasteiger partial charge < -0.3 is 10.2 Å². The summed E-state index contributed by atoms with van der Waals surface area (Å²) in [6.07, 6.45) is -3.16. The fourth-order valence-corrected chi connectivity index (χ4v) is 2.58. The van der Waals surface area contributed by atoms with E-state index < -0.39 is 17.6 Å². The van der Waals surface area contributed by atoms with Gasteiger partial charge >= 0.3 is 6.18 Å². The predicted octanol–water partition coefficient (Wildman–Crippen LogP) is 5.18. The van der Waals surface area contributed by atoms with Crippen molar-refractivity contribution in [3.8, 4) is 0 Å². The monoisotopic (exact) mass is 370 g/mol. The summed E-state index contributed by atoms with van der Waals surface area (Å²) in [6, 6.07) is 4.62. The maximum Gasteiger partial charge on any atom is 0.419 e. The molecule has 1 heterocycles. The summed E-state index contributed by atoms with van der Waals surface area (Å²) in [5.74, 6) is -0.417. The van der Waals surface area contributed by atoms with Crippen LogP contribution in [-0.4, -0.2) is 23.1 Å². The van der Waals surface area contributed by atoms with E-state index in [1.807, 2.05) is 31.7 Å². The van der Waals surface area contributed by atoms with Crippen LogP contribution in [0.25, 0.3) is 0 Å². The highest BCUT2D eigenvalue weighted by Crippen LogP contribution is 2.33. The van der Waals surface area contributed by atoms with Crippen molar-refractivity contribution < 1.29 is 17.6 Å². The molecule has 142 valence electrons. The number of anilines is 3. The van der Waals surface area contributed by atoms with Gasteiger partial charge in [-0.05, 0) is 38.5 Å². The molecule has 0 fully saturated rings. The van der Waals surface area contributed by atoms with Crippen molar-refractivity contribution in [2.45, 2.75) is 39.8 Å². The lowest BCUT2D eigenvalue weighted by atomic mass is 10.2. The van der Waals surface area contributed by atoms with E-state index >= 15 is 0 Å². The Bertz CT molecular complexity index is 742. The van der Waals surface area contributed by atoms with Gasteiger partial charge in [0.25, 0.3) is 0 Å². The van der Waals surface area contributed by atoms with Gasteiger partial charge in [0, 0.05) is 30.5 Å². The fraction of sp³-hybridized carbons (Fsp3) is 0.444. The lowest BCUT2D eigenvalue weighted by Gasteiger charge is -2.21. The quantitative estimate of drug-likeness (QED) is 0.682. The van der Waals surface area contributed by atoms with Gasteiger partial charge in [0.2, 0.25) is 5.95 Å². The van der Waals surface area contributed by atoms with Crippen molar-refractivity contribution in [2.24, 2.45) is 0 Å². The number of aromatic nitrogens is 2. The Kier molecular flexibility index (Phi) is 6.39. The molecule has 1 aromatic heterocycles. The summed E-state index contributed by atoms with van der Waals surface area (Å²) in [7, 11) is 0. The van der Waals surface area contributed by atoms with Crippen molar-refractivity contribution in [1.29, 1.82) is 0 Å². The first-order valence-corrected chi connectivity index (χ1v) is 8.55. The molecule has 1 aromatic carbocycles. The second kappa shape index (κ2) is 8.33. The molecule has 0 aliphatic rings. The van der Waals surface area contributed by atoms with Crippen LogP contribution in [0.1, 0.15) is 38.4 Å². The third-order valence-corrected chi connectivity index (χ3v) is 3.89. The van der Waals surface area contributed by atoms with Crippen LogP contribution < -0.4 is 10.2 Å². The van der Waals surface area contributed by atoms with Crippen LogP contribution in [0.2, 0.25) is 0 Å². The number of halogens is 4. The Labute approximate surface area is 150 Å². The zero-order valence-electron chi connectivity index (χ0n) is 15.0. The molecule has 4 nitrogen and oxygen atoms in total. The van der Waals surface area contributed by atoms with E-state index in [9.17, 15) is 17.6 Å². The SMILES string of the molecule is CCCc1cc(N(CC)CC)nc(Nc2ccc(F)c(C(F)(F)F)c2)n1.